The molecule has 45 heavy (non-hydrogen) atoms. The first kappa shape index (κ1) is 32.5. The van der Waals surface area contributed by atoms with Crippen LogP contribution in [0, 0.1) is 6.92 Å². The molecule has 1 aliphatic heterocycles. The Balaban J connectivity index is 1.36. The highest BCUT2D eigenvalue weighted by atomic mass is 35.5. The second-order valence-corrected chi connectivity index (χ2v) is 13.3. The molecule has 0 aliphatic carbocycles. The van der Waals surface area contributed by atoms with Crippen LogP contribution in [0.4, 0.5) is 4.79 Å². The number of aryl methyl sites for hydroxylation is 1. The van der Waals surface area contributed by atoms with Crippen molar-refractivity contribution in [1.29, 1.82) is 0 Å². The quantitative estimate of drug-likeness (QED) is 0.214. The van der Waals surface area contributed by atoms with Crippen molar-refractivity contribution in [1.82, 2.24) is 29.1 Å². The number of carboxylic acid groups (broad SMARTS) is 1. The third-order valence-corrected chi connectivity index (χ3v) is 10.5. The van der Waals surface area contributed by atoms with Crippen molar-refractivity contribution in [3.8, 4) is 11.4 Å². The number of carbonyl (C=O) groups is 2. The number of halogens is 2. The fourth-order valence-electron chi connectivity index (χ4n) is 5.28. The van der Waals surface area contributed by atoms with E-state index in [1.807, 2.05) is 35.9 Å². The Morgan fingerprint density at radius 1 is 1.22 bits per heavy atom. The Kier molecular flexibility index (Phi) is 9.82. The van der Waals surface area contributed by atoms with Gasteiger partial charge < -0.3 is 24.6 Å². The number of imidazole rings is 1. The average molecular weight is 676 g/mol. The normalized spacial score (nSPS) is 15.3. The molecule has 2 N–H and O–H groups in total. The van der Waals surface area contributed by atoms with Gasteiger partial charge in [-0.15, -0.1) is 0 Å². The molecular weight excluding hydrogens is 643 g/mol. The summed E-state index contributed by atoms with van der Waals surface area (Å²) in [5.74, 6) is 0.0142. The van der Waals surface area contributed by atoms with Crippen LogP contribution in [0.25, 0.3) is 16.6 Å². The minimum atomic E-state index is -4.19. The summed E-state index contributed by atoms with van der Waals surface area (Å²) in [4.78, 5) is 33.7. The largest absolute Gasteiger partial charge is 0.487 e. The first-order valence-corrected chi connectivity index (χ1v) is 16.4. The van der Waals surface area contributed by atoms with Gasteiger partial charge >= 0.3 is 6.09 Å². The Bertz CT molecular complexity index is 1840. The molecule has 0 radical (unpaired) electrons. The zero-order valence-corrected chi connectivity index (χ0v) is 26.9. The van der Waals surface area contributed by atoms with Crippen LogP contribution in [-0.2, 0) is 21.4 Å². The third-order valence-electron chi connectivity index (χ3n) is 7.60. The molecule has 3 heterocycles. The van der Waals surface area contributed by atoms with Crippen LogP contribution in [0.1, 0.15) is 30.5 Å². The van der Waals surface area contributed by atoms with E-state index in [1.165, 1.54) is 19.2 Å². The van der Waals surface area contributed by atoms with Gasteiger partial charge in [-0.3, -0.25) is 4.79 Å². The smallest absolute Gasteiger partial charge is 0.407 e. The van der Waals surface area contributed by atoms with Gasteiger partial charge in [0, 0.05) is 60.7 Å². The maximum absolute atomic E-state index is 13.9. The Labute approximate surface area is 270 Å². The van der Waals surface area contributed by atoms with Gasteiger partial charge in [-0.05, 0) is 50.5 Å². The van der Waals surface area contributed by atoms with E-state index < -0.39 is 28.1 Å². The van der Waals surface area contributed by atoms with Crippen molar-refractivity contribution < 1.29 is 27.9 Å². The van der Waals surface area contributed by atoms with Crippen molar-refractivity contribution >= 4 is 56.1 Å². The van der Waals surface area contributed by atoms with Gasteiger partial charge in [-0.2, -0.15) is 4.31 Å². The molecular formula is C30H32Cl2N6O6S. The molecule has 1 saturated heterocycles. The van der Waals surface area contributed by atoms with E-state index >= 15 is 0 Å². The zero-order chi connectivity index (χ0) is 32.3. The summed E-state index contributed by atoms with van der Waals surface area (Å²) in [5, 5.41) is 12.7. The van der Waals surface area contributed by atoms with Gasteiger partial charge in [-0.25, -0.2) is 23.2 Å². The summed E-state index contributed by atoms with van der Waals surface area (Å²) >= 11 is 13.2. The fraction of sp³-hybridized carbons (Fsp3) is 0.333. The highest BCUT2D eigenvalue weighted by Crippen LogP contribution is 2.37. The molecule has 0 unspecified atom stereocenters. The number of rotatable bonds is 11. The lowest BCUT2D eigenvalue weighted by Crippen LogP contribution is -2.46. The first-order chi connectivity index (χ1) is 21.5. The van der Waals surface area contributed by atoms with Gasteiger partial charge in [0.15, 0.2) is 0 Å². The highest BCUT2D eigenvalue weighted by molar-refractivity contribution is 7.89. The van der Waals surface area contributed by atoms with Crippen LogP contribution < -0.4 is 10.1 Å². The lowest BCUT2D eigenvalue weighted by Gasteiger charge is -2.24. The van der Waals surface area contributed by atoms with Crippen molar-refractivity contribution in [3.05, 3.63) is 76.4 Å². The molecule has 2 amide bonds. The molecule has 12 nitrogen and oxygen atoms in total. The molecule has 0 bridgehead atoms. The van der Waals surface area contributed by atoms with E-state index in [0.29, 0.717) is 30.5 Å². The number of fused-ring (bicyclic) bond motifs is 1. The number of nitrogens with zero attached hydrogens (tertiary/aromatic N) is 5. The maximum atomic E-state index is 13.9. The minimum absolute atomic E-state index is 0.0891. The Morgan fingerprint density at radius 3 is 2.76 bits per heavy atom. The van der Waals surface area contributed by atoms with E-state index in [0.717, 1.165) is 26.0 Å². The number of pyridine rings is 1. The second-order valence-electron chi connectivity index (χ2n) is 10.7. The molecule has 0 spiro atoms. The molecule has 1 aliphatic rings. The predicted octanol–water partition coefficient (Wildman–Crippen LogP) is 4.88. The monoisotopic (exact) mass is 674 g/mol. The minimum Gasteiger partial charge on any atom is -0.487 e. The number of nitrogens with one attached hydrogen (secondary N) is 1. The number of aromatic nitrogens is 3. The first-order valence-electron chi connectivity index (χ1n) is 14.2. The molecule has 0 saturated carbocycles. The fourth-order valence-corrected chi connectivity index (χ4v) is 7.80. The average Bonchev–Trinajstić information content (AvgIpc) is 3.72. The number of benzene rings is 2. The van der Waals surface area contributed by atoms with E-state index in [4.69, 9.17) is 33.0 Å². The third kappa shape index (κ3) is 6.86. The molecule has 2 aromatic carbocycles. The number of ether oxygens (including phenoxy) is 1. The zero-order valence-electron chi connectivity index (χ0n) is 24.6. The van der Waals surface area contributed by atoms with E-state index in [2.05, 4.69) is 15.3 Å². The number of sulfonamides is 1. The van der Waals surface area contributed by atoms with E-state index in [1.54, 1.807) is 18.6 Å². The van der Waals surface area contributed by atoms with Gasteiger partial charge in [0.2, 0.25) is 15.9 Å². The number of amides is 2. The maximum Gasteiger partial charge on any atom is 0.407 e. The molecule has 5 rings (SSSR count). The topological polar surface area (TPSA) is 147 Å². The molecule has 238 valence electrons. The van der Waals surface area contributed by atoms with Gasteiger partial charge in [-0.1, -0.05) is 35.3 Å². The molecule has 4 aromatic rings. The number of para-hydroxylation sites is 1. The van der Waals surface area contributed by atoms with Crippen LogP contribution in [0.5, 0.6) is 5.75 Å². The number of hydrogen-bond acceptors (Lipinski definition) is 7. The molecule has 1 atom stereocenters. The lowest BCUT2D eigenvalue weighted by atomic mass is 10.1. The van der Waals surface area contributed by atoms with Crippen LogP contribution in [0.15, 0.2) is 60.0 Å². The van der Waals surface area contributed by atoms with E-state index in [9.17, 15) is 18.0 Å². The molecule has 2 aromatic heterocycles. The van der Waals surface area contributed by atoms with Crippen LogP contribution in [0.2, 0.25) is 10.0 Å². The lowest BCUT2D eigenvalue weighted by molar-refractivity contribution is -0.124. The number of hydrogen-bond donors (Lipinski definition) is 2. The summed E-state index contributed by atoms with van der Waals surface area (Å²) in [6, 6.07) is 9.33. The summed E-state index contributed by atoms with van der Waals surface area (Å²) in [6.45, 7) is 2.32. The van der Waals surface area contributed by atoms with Crippen molar-refractivity contribution in [2.45, 2.75) is 43.7 Å². The van der Waals surface area contributed by atoms with Crippen LogP contribution in [0.3, 0.4) is 0 Å². The summed E-state index contributed by atoms with van der Waals surface area (Å²) < 4.78 is 36.9. The second kappa shape index (κ2) is 13.6. The van der Waals surface area contributed by atoms with Crippen LogP contribution in [-0.4, -0.2) is 82.0 Å². The summed E-state index contributed by atoms with van der Waals surface area (Å²) in [6.07, 6.45) is 5.38. The SMILES string of the molecule is Cc1cc(-n2ccnc2)c2cccc(OCc3c(Cl)ccc(S(=O)(=O)N4CCC[C@H]4C(=O)NCCCN(C)C(=O)O)c3Cl)c2n1. The van der Waals surface area contributed by atoms with E-state index in [-0.39, 0.29) is 46.7 Å². The van der Waals surface area contributed by atoms with Crippen LogP contribution >= 0.6 is 23.2 Å². The van der Waals surface area contributed by atoms with Crippen molar-refractivity contribution in [3.63, 3.8) is 0 Å². The van der Waals surface area contributed by atoms with Gasteiger partial charge in [0.05, 0.1) is 17.0 Å². The van der Waals surface area contributed by atoms with Gasteiger partial charge in [0.25, 0.3) is 0 Å². The number of carbonyl (C=O) groups excluding carboxylic acids is 1. The van der Waals surface area contributed by atoms with Crippen molar-refractivity contribution in [2.24, 2.45) is 0 Å². The van der Waals surface area contributed by atoms with Gasteiger partial charge in [0.1, 0.15) is 28.8 Å². The Morgan fingerprint density at radius 2 is 2.02 bits per heavy atom. The highest BCUT2D eigenvalue weighted by Gasteiger charge is 2.40. The summed E-state index contributed by atoms with van der Waals surface area (Å²) in [5.41, 5.74) is 2.53. The molecule has 1 fully saturated rings. The summed E-state index contributed by atoms with van der Waals surface area (Å²) in [7, 11) is -2.76. The standard InChI is InChI=1S/C30H32Cl2N6O6S/c1-19-16-24(37-15-12-33-18-37)20-6-3-8-25(28(20)35-19)44-17-21-22(31)9-10-26(27(21)32)45(42,43)38-14-4-7-23(38)29(39)34-11-5-13-36(2)30(40)41/h3,6,8-10,12,15-16,18,23H,4-5,7,11,13-14,17H2,1-2H3,(H,34,39)(H,40,41)/t23-/m0/s1. The molecule has 15 heteroatoms. The van der Waals surface area contributed by atoms with Crippen molar-refractivity contribution in [2.75, 3.05) is 26.7 Å². The predicted molar refractivity (Wildman–Crippen MR) is 170 cm³/mol. The Hall–Kier alpha value is -3.91.